The molecule has 3 atom stereocenters. The standard InChI is InChI=1S/C13H17NO2/c1-9(13(15)16-2)14-12-8-11(12)10-6-4-3-5-7-10/h3-7,9,11-12,14H,8H2,1-2H3/t9?,11?,12-/m0/s1. The average molecular weight is 219 g/mol. The van der Waals surface area contributed by atoms with E-state index in [2.05, 4.69) is 34.3 Å². The van der Waals surface area contributed by atoms with Crippen LogP contribution in [0.3, 0.4) is 0 Å². The molecule has 0 bridgehead atoms. The lowest BCUT2D eigenvalue weighted by Crippen LogP contribution is -2.36. The van der Waals surface area contributed by atoms with Crippen LogP contribution in [0.25, 0.3) is 0 Å². The van der Waals surface area contributed by atoms with Crippen LogP contribution in [0.5, 0.6) is 0 Å². The summed E-state index contributed by atoms with van der Waals surface area (Å²) in [5.41, 5.74) is 1.34. The van der Waals surface area contributed by atoms with Crippen molar-refractivity contribution in [3.05, 3.63) is 35.9 Å². The van der Waals surface area contributed by atoms with Crippen molar-refractivity contribution < 1.29 is 9.53 Å². The molecule has 0 heterocycles. The van der Waals surface area contributed by atoms with Gasteiger partial charge in [-0.2, -0.15) is 0 Å². The van der Waals surface area contributed by atoms with Crippen LogP contribution < -0.4 is 5.32 Å². The van der Waals surface area contributed by atoms with Gasteiger partial charge in [0.2, 0.25) is 0 Å². The van der Waals surface area contributed by atoms with E-state index in [1.807, 2.05) is 13.0 Å². The van der Waals surface area contributed by atoms with Gasteiger partial charge in [-0.1, -0.05) is 30.3 Å². The number of rotatable bonds is 4. The summed E-state index contributed by atoms with van der Waals surface area (Å²) in [7, 11) is 1.42. The van der Waals surface area contributed by atoms with Crippen molar-refractivity contribution in [1.82, 2.24) is 5.32 Å². The second-order valence-electron chi connectivity index (χ2n) is 4.27. The van der Waals surface area contributed by atoms with Crippen LogP contribution >= 0.6 is 0 Å². The Hall–Kier alpha value is -1.35. The number of hydrogen-bond acceptors (Lipinski definition) is 3. The molecule has 3 heteroatoms. The predicted molar refractivity (Wildman–Crippen MR) is 62.2 cm³/mol. The van der Waals surface area contributed by atoms with Gasteiger partial charge in [0.1, 0.15) is 6.04 Å². The van der Waals surface area contributed by atoms with Crippen LogP contribution in [-0.4, -0.2) is 25.2 Å². The van der Waals surface area contributed by atoms with Crippen LogP contribution in [-0.2, 0) is 9.53 Å². The molecule has 1 fully saturated rings. The first-order valence-corrected chi connectivity index (χ1v) is 5.61. The van der Waals surface area contributed by atoms with Crippen LogP contribution in [0.15, 0.2) is 30.3 Å². The van der Waals surface area contributed by atoms with Gasteiger partial charge in [-0.15, -0.1) is 0 Å². The van der Waals surface area contributed by atoms with Crippen LogP contribution in [0.2, 0.25) is 0 Å². The summed E-state index contributed by atoms with van der Waals surface area (Å²) in [6.07, 6.45) is 1.10. The predicted octanol–water partition coefficient (Wildman–Crippen LogP) is 1.69. The van der Waals surface area contributed by atoms with E-state index in [4.69, 9.17) is 0 Å². The number of ether oxygens (including phenoxy) is 1. The first-order valence-electron chi connectivity index (χ1n) is 5.61. The van der Waals surface area contributed by atoms with E-state index in [1.165, 1.54) is 12.7 Å². The summed E-state index contributed by atoms with van der Waals surface area (Å²) in [4.78, 5) is 11.2. The first-order chi connectivity index (χ1) is 7.72. The minimum Gasteiger partial charge on any atom is -0.468 e. The third-order valence-electron chi connectivity index (χ3n) is 3.04. The summed E-state index contributed by atoms with van der Waals surface area (Å²) >= 11 is 0. The van der Waals surface area contributed by atoms with E-state index in [0.717, 1.165) is 6.42 Å². The van der Waals surface area contributed by atoms with E-state index in [0.29, 0.717) is 12.0 Å². The molecule has 0 amide bonds. The van der Waals surface area contributed by atoms with Crippen molar-refractivity contribution in [1.29, 1.82) is 0 Å². The molecule has 0 aliphatic heterocycles. The Kier molecular flexibility index (Phi) is 3.25. The van der Waals surface area contributed by atoms with Crippen LogP contribution in [0, 0.1) is 0 Å². The zero-order valence-corrected chi connectivity index (χ0v) is 9.64. The Bertz CT molecular complexity index is 363. The Morgan fingerprint density at radius 1 is 1.44 bits per heavy atom. The fraction of sp³-hybridized carbons (Fsp3) is 0.462. The number of carbonyl (C=O) groups is 1. The molecule has 1 aromatic carbocycles. The molecule has 0 saturated heterocycles. The lowest BCUT2D eigenvalue weighted by Gasteiger charge is -2.10. The molecule has 1 aromatic rings. The molecule has 86 valence electrons. The summed E-state index contributed by atoms with van der Waals surface area (Å²) in [6, 6.07) is 10.6. The number of benzene rings is 1. The van der Waals surface area contributed by atoms with Gasteiger partial charge in [0, 0.05) is 12.0 Å². The molecule has 3 nitrogen and oxygen atoms in total. The largest absolute Gasteiger partial charge is 0.468 e. The highest BCUT2D eigenvalue weighted by atomic mass is 16.5. The van der Waals surface area contributed by atoms with Crippen molar-refractivity contribution in [2.24, 2.45) is 0 Å². The van der Waals surface area contributed by atoms with Crippen molar-refractivity contribution in [2.45, 2.75) is 31.3 Å². The maximum Gasteiger partial charge on any atom is 0.322 e. The fourth-order valence-electron chi connectivity index (χ4n) is 2.01. The minimum atomic E-state index is -0.219. The van der Waals surface area contributed by atoms with E-state index < -0.39 is 0 Å². The van der Waals surface area contributed by atoms with Gasteiger partial charge >= 0.3 is 5.97 Å². The smallest absolute Gasteiger partial charge is 0.322 e. The van der Waals surface area contributed by atoms with Crippen LogP contribution in [0.4, 0.5) is 0 Å². The van der Waals surface area contributed by atoms with Gasteiger partial charge in [0.05, 0.1) is 7.11 Å². The fourth-order valence-corrected chi connectivity index (χ4v) is 2.01. The van der Waals surface area contributed by atoms with Crippen molar-refractivity contribution in [3.8, 4) is 0 Å². The molecular formula is C13H17NO2. The number of esters is 1. The van der Waals surface area contributed by atoms with Gasteiger partial charge in [0.15, 0.2) is 0 Å². The highest BCUT2D eigenvalue weighted by Crippen LogP contribution is 2.40. The topological polar surface area (TPSA) is 38.3 Å². The number of carbonyl (C=O) groups excluding carboxylic acids is 1. The molecule has 1 N–H and O–H groups in total. The Morgan fingerprint density at radius 3 is 2.75 bits per heavy atom. The van der Waals surface area contributed by atoms with E-state index in [9.17, 15) is 4.79 Å². The van der Waals surface area contributed by atoms with Crippen LogP contribution in [0.1, 0.15) is 24.8 Å². The quantitative estimate of drug-likeness (QED) is 0.783. The van der Waals surface area contributed by atoms with E-state index >= 15 is 0 Å². The third kappa shape index (κ3) is 2.42. The number of nitrogens with one attached hydrogen (secondary N) is 1. The second-order valence-corrected chi connectivity index (χ2v) is 4.27. The Morgan fingerprint density at radius 2 is 2.12 bits per heavy atom. The maximum absolute atomic E-state index is 11.2. The van der Waals surface area contributed by atoms with Gasteiger partial charge in [0.25, 0.3) is 0 Å². The molecular weight excluding hydrogens is 202 g/mol. The van der Waals surface area contributed by atoms with Crippen molar-refractivity contribution in [3.63, 3.8) is 0 Å². The minimum absolute atomic E-state index is 0.196. The van der Waals surface area contributed by atoms with Crippen molar-refractivity contribution >= 4 is 5.97 Å². The Balaban J connectivity index is 1.86. The summed E-state index contributed by atoms with van der Waals surface area (Å²) in [6.45, 7) is 1.84. The molecule has 1 aliphatic rings. The highest BCUT2D eigenvalue weighted by molar-refractivity contribution is 5.75. The molecule has 0 aromatic heterocycles. The van der Waals surface area contributed by atoms with Gasteiger partial charge in [-0.25, -0.2) is 0 Å². The maximum atomic E-state index is 11.2. The lowest BCUT2D eigenvalue weighted by molar-refractivity contribution is -0.142. The summed E-state index contributed by atoms with van der Waals surface area (Å²) in [5, 5.41) is 3.28. The molecule has 2 rings (SSSR count). The Labute approximate surface area is 95.8 Å². The number of hydrogen-bond donors (Lipinski definition) is 1. The molecule has 16 heavy (non-hydrogen) atoms. The first kappa shape index (κ1) is 11.1. The van der Waals surface area contributed by atoms with Crippen molar-refractivity contribution in [2.75, 3.05) is 7.11 Å². The molecule has 1 saturated carbocycles. The normalized spacial score (nSPS) is 24.9. The molecule has 1 aliphatic carbocycles. The zero-order valence-electron chi connectivity index (χ0n) is 9.64. The second kappa shape index (κ2) is 4.66. The molecule has 2 unspecified atom stereocenters. The van der Waals surface area contributed by atoms with Gasteiger partial charge in [-0.3, -0.25) is 4.79 Å². The monoisotopic (exact) mass is 219 g/mol. The summed E-state index contributed by atoms with van der Waals surface area (Å²) < 4.78 is 4.68. The highest BCUT2D eigenvalue weighted by Gasteiger charge is 2.39. The zero-order chi connectivity index (χ0) is 11.5. The third-order valence-corrected chi connectivity index (χ3v) is 3.04. The van der Waals surface area contributed by atoms with E-state index in [1.54, 1.807) is 0 Å². The number of methoxy groups -OCH3 is 1. The van der Waals surface area contributed by atoms with Gasteiger partial charge in [-0.05, 0) is 18.9 Å². The lowest BCUT2D eigenvalue weighted by atomic mass is 10.1. The van der Waals surface area contributed by atoms with E-state index in [-0.39, 0.29) is 12.0 Å². The van der Waals surface area contributed by atoms with Gasteiger partial charge < -0.3 is 10.1 Å². The summed E-state index contributed by atoms with van der Waals surface area (Å²) in [5.74, 6) is 0.354. The molecule has 0 spiro atoms. The molecule has 0 radical (unpaired) electrons. The average Bonchev–Trinajstić information content (AvgIpc) is 3.08. The SMILES string of the molecule is COC(=O)C(C)N[C@H]1CC1c1ccccc1.